The Labute approximate surface area is 114 Å². The van der Waals surface area contributed by atoms with Crippen molar-refractivity contribution in [1.29, 1.82) is 0 Å². The van der Waals surface area contributed by atoms with Crippen LogP contribution in [0.5, 0.6) is 0 Å². The van der Waals surface area contributed by atoms with Crippen LogP contribution in [0.15, 0.2) is 27.8 Å². The number of nitrogens with zero attached hydrogens (tertiary/aromatic N) is 2. The summed E-state index contributed by atoms with van der Waals surface area (Å²) < 4.78 is 26.7. The molecule has 0 bridgehead atoms. The van der Waals surface area contributed by atoms with E-state index >= 15 is 0 Å². The van der Waals surface area contributed by atoms with Gasteiger partial charge in [0.2, 0.25) is 10.0 Å². The lowest BCUT2D eigenvalue weighted by Crippen LogP contribution is -2.40. The van der Waals surface area contributed by atoms with Crippen molar-refractivity contribution in [2.45, 2.75) is 17.7 Å². The highest BCUT2D eigenvalue weighted by molar-refractivity contribution is 9.10. The number of hydrogen-bond donors (Lipinski definition) is 0. The van der Waals surface area contributed by atoms with Crippen molar-refractivity contribution in [3.05, 3.63) is 22.9 Å². The van der Waals surface area contributed by atoms with E-state index in [4.69, 9.17) is 0 Å². The summed E-state index contributed by atoms with van der Waals surface area (Å²) in [5, 5.41) is 0. The molecule has 2 rings (SSSR count). The molecular weight excluding hydrogens is 320 g/mol. The van der Waals surface area contributed by atoms with E-state index in [2.05, 4.69) is 20.9 Å². The van der Waals surface area contributed by atoms with Crippen molar-refractivity contribution in [3.63, 3.8) is 0 Å². The predicted octanol–water partition coefficient (Wildman–Crippen LogP) is 1.44. The molecule has 98 valence electrons. The summed E-state index contributed by atoms with van der Waals surface area (Å²) in [5.41, 5.74) is 0. The normalized spacial score (nSPS) is 21.7. The van der Waals surface area contributed by atoms with E-state index in [1.807, 2.05) is 0 Å². The molecule has 1 aromatic rings. The monoisotopic (exact) mass is 332 g/mol. The van der Waals surface area contributed by atoms with Crippen LogP contribution in [-0.2, 0) is 14.8 Å². The number of hydrogen-bond acceptors (Lipinski definition) is 4. The number of carbonyl (C=O) groups excluding carboxylic acids is 1. The maximum absolute atomic E-state index is 12.4. The minimum Gasteiger partial charge on any atom is -0.303 e. The molecule has 1 aromatic heterocycles. The molecule has 7 heteroatoms. The maximum atomic E-state index is 12.4. The number of aromatic nitrogens is 1. The molecule has 0 aromatic carbocycles. The van der Waals surface area contributed by atoms with E-state index in [1.54, 1.807) is 0 Å². The van der Waals surface area contributed by atoms with Gasteiger partial charge in [-0.2, -0.15) is 4.31 Å². The van der Waals surface area contributed by atoms with Crippen LogP contribution in [0.3, 0.4) is 0 Å². The lowest BCUT2D eigenvalue weighted by molar-refractivity contribution is -0.112. The molecule has 0 radical (unpaired) electrons. The van der Waals surface area contributed by atoms with Crippen molar-refractivity contribution in [3.8, 4) is 0 Å². The van der Waals surface area contributed by atoms with Gasteiger partial charge in [-0.25, -0.2) is 8.42 Å². The first-order valence-electron chi connectivity index (χ1n) is 5.60. The highest BCUT2D eigenvalue weighted by Crippen LogP contribution is 2.23. The van der Waals surface area contributed by atoms with E-state index < -0.39 is 10.0 Å². The molecule has 0 saturated carbocycles. The minimum atomic E-state index is -3.55. The van der Waals surface area contributed by atoms with Crippen molar-refractivity contribution in [2.24, 2.45) is 5.92 Å². The quantitative estimate of drug-likeness (QED) is 0.785. The number of sulfonamides is 1. The first-order valence-corrected chi connectivity index (χ1v) is 7.83. The van der Waals surface area contributed by atoms with Gasteiger partial charge in [0, 0.05) is 35.9 Å². The van der Waals surface area contributed by atoms with Crippen molar-refractivity contribution in [2.75, 3.05) is 13.1 Å². The fraction of sp³-hybridized carbons (Fsp3) is 0.455. The fourth-order valence-corrected chi connectivity index (χ4v) is 4.03. The van der Waals surface area contributed by atoms with Crippen LogP contribution in [0.2, 0.25) is 0 Å². The van der Waals surface area contributed by atoms with Crippen LogP contribution in [0.25, 0.3) is 0 Å². The molecule has 0 spiro atoms. The van der Waals surface area contributed by atoms with E-state index in [0.717, 1.165) is 12.7 Å². The molecule has 0 amide bonds. The Morgan fingerprint density at radius 2 is 2.22 bits per heavy atom. The Kier molecular flexibility index (Phi) is 4.14. The van der Waals surface area contributed by atoms with Crippen LogP contribution >= 0.6 is 15.9 Å². The second kappa shape index (κ2) is 5.46. The largest absolute Gasteiger partial charge is 0.303 e. The van der Waals surface area contributed by atoms with Crippen LogP contribution in [0.4, 0.5) is 0 Å². The first kappa shape index (κ1) is 13.6. The number of carbonyl (C=O) groups is 1. The van der Waals surface area contributed by atoms with Crippen molar-refractivity contribution < 1.29 is 13.2 Å². The molecule has 1 aliphatic heterocycles. The van der Waals surface area contributed by atoms with Gasteiger partial charge in [-0.05, 0) is 34.8 Å². The smallest absolute Gasteiger partial charge is 0.244 e. The van der Waals surface area contributed by atoms with E-state index in [-0.39, 0.29) is 17.4 Å². The lowest BCUT2D eigenvalue weighted by atomic mass is 10.0. The van der Waals surface area contributed by atoms with E-state index in [1.165, 1.54) is 22.8 Å². The van der Waals surface area contributed by atoms with Gasteiger partial charge in [0.1, 0.15) is 11.2 Å². The second-order valence-corrected chi connectivity index (χ2v) is 7.09. The van der Waals surface area contributed by atoms with Gasteiger partial charge in [-0.1, -0.05) is 0 Å². The van der Waals surface area contributed by atoms with Gasteiger partial charge in [0.25, 0.3) is 0 Å². The summed E-state index contributed by atoms with van der Waals surface area (Å²) in [4.78, 5) is 14.8. The van der Waals surface area contributed by atoms with Gasteiger partial charge in [0.05, 0.1) is 0 Å². The Morgan fingerprint density at radius 3 is 2.89 bits per heavy atom. The van der Waals surface area contributed by atoms with E-state index in [0.29, 0.717) is 17.4 Å². The maximum Gasteiger partial charge on any atom is 0.244 e. The van der Waals surface area contributed by atoms with Crippen molar-refractivity contribution >= 4 is 32.2 Å². The van der Waals surface area contributed by atoms with Gasteiger partial charge in [0.15, 0.2) is 0 Å². The highest BCUT2D eigenvalue weighted by atomic mass is 79.9. The average molecular weight is 333 g/mol. The summed E-state index contributed by atoms with van der Waals surface area (Å²) >= 11 is 3.20. The third-order valence-electron chi connectivity index (χ3n) is 2.93. The third-order valence-corrected chi connectivity index (χ3v) is 5.19. The molecule has 0 unspecified atom stereocenters. The molecular formula is C11H13BrN2O3S. The molecule has 1 fully saturated rings. The Hall–Kier alpha value is -0.790. The molecule has 18 heavy (non-hydrogen) atoms. The van der Waals surface area contributed by atoms with Gasteiger partial charge in [-0.3, -0.25) is 4.98 Å². The summed E-state index contributed by atoms with van der Waals surface area (Å²) in [6.45, 7) is 0.720. The standard InChI is InChI=1S/C11H13BrN2O3S/c12-10-4-11(6-13-5-10)18(16,17)14-3-1-2-9(7-14)8-15/h4-6,8-9H,1-3,7H2/t9-/m1/s1. The van der Waals surface area contributed by atoms with Gasteiger partial charge in [-0.15, -0.1) is 0 Å². The second-order valence-electron chi connectivity index (χ2n) is 4.24. The summed E-state index contributed by atoms with van der Waals surface area (Å²) in [6.07, 6.45) is 5.16. The van der Waals surface area contributed by atoms with E-state index in [9.17, 15) is 13.2 Å². The van der Waals surface area contributed by atoms with Crippen LogP contribution in [-0.4, -0.2) is 37.1 Å². The van der Waals surface area contributed by atoms with Crippen LogP contribution in [0, 0.1) is 5.92 Å². The zero-order chi connectivity index (χ0) is 13.2. The Bertz CT molecular complexity index is 547. The van der Waals surface area contributed by atoms with Crippen molar-refractivity contribution in [1.82, 2.24) is 9.29 Å². The fourth-order valence-electron chi connectivity index (χ4n) is 1.99. The molecule has 1 saturated heterocycles. The predicted molar refractivity (Wildman–Crippen MR) is 69.5 cm³/mol. The topological polar surface area (TPSA) is 67.3 Å². The number of piperidine rings is 1. The minimum absolute atomic E-state index is 0.156. The zero-order valence-electron chi connectivity index (χ0n) is 9.62. The molecule has 1 atom stereocenters. The Balaban J connectivity index is 2.28. The molecule has 0 aliphatic carbocycles. The number of pyridine rings is 1. The van der Waals surface area contributed by atoms with Gasteiger partial charge < -0.3 is 4.79 Å². The highest BCUT2D eigenvalue weighted by Gasteiger charge is 2.30. The zero-order valence-corrected chi connectivity index (χ0v) is 12.0. The summed E-state index contributed by atoms with van der Waals surface area (Å²) in [5.74, 6) is -0.200. The molecule has 0 N–H and O–H groups in total. The summed E-state index contributed by atoms with van der Waals surface area (Å²) in [7, 11) is -3.55. The molecule has 2 heterocycles. The summed E-state index contributed by atoms with van der Waals surface area (Å²) in [6, 6.07) is 1.52. The SMILES string of the molecule is O=C[C@@H]1CCCN(S(=O)(=O)c2cncc(Br)c2)C1. The Morgan fingerprint density at radius 1 is 1.44 bits per heavy atom. The van der Waals surface area contributed by atoms with Crippen LogP contribution in [0.1, 0.15) is 12.8 Å². The van der Waals surface area contributed by atoms with Gasteiger partial charge >= 0.3 is 0 Å². The number of rotatable bonds is 3. The molecule has 1 aliphatic rings. The average Bonchev–Trinajstić information content (AvgIpc) is 2.39. The number of aldehydes is 1. The number of halogens is 1. The first-order chi connectivity index (χ1) is 8.54. The lowest BCUT2D eigenvalue weighted by Gasteiger charge is -2.29. The molecule has 5 nitrogen and oxygen atoms in total. The van der Waals surface area contributed by atoms with Crippen LogP contribution < -0.4 is 0 Å². The third kappa shape index (κ3) is 2.78.